The number of allylic oxidation sites excluding steroid dienone is 2. The number of aryl methyl sites for hydroxylation is 1. The molecule has 1 N–H and O–H groups in total. The van der Waals surface area contributed by atoms with Crippen LogP contribution in [0.1, 0.15) is 41.8 Å². The standard InChI is InChI=1S/C23H21N5O4/c1-13-24-23-25-19-11-16(14-5-9-18(32-2)10-6-14)12-20(29)21(19)22(27(23)26-13)15-3-7-17(8-4-15)28(30)31/h3-10,16,22H,11-12H2,1-2H3,(H,24,25,26)/t16-,22+/m1/s1. The summed E-state index contributed by atoms with van der Waals surface area (Å²) in [6.07, 6.45) is 1.03. The number of non-ortho nitro benzene ring substituents is 1. The number of nitro groups is 1. The predicted molar refractivity (Wildman–Crippen MR) is 117 cm³/mol. The molecule has 0 saturated carbocycles. The van der Waals surface area contributed by atoms with Gasteiger partial charge in [0.05, 0.1) is 12.0 Å². The summed E-state index contributed by atoms with van der Waals surface area (Å²) in [5.74, 6) is 1.98. The number of fused-ring (bicyclic) bond motifs is 1. The number of nitrogens with one attached hydrogen (secondary N) is 1. The molecule has 2 heterocycles. The Kier molecular flexibility index (Phi) is 4.73. The van der Waals surface area contributed by atoms with Crippen LogP contribution in [0.2, 0.25) is 0 Å². The Balaban J connectivity index is 1.56. The summed E-state index contributed by atoms with van der Waals surface area (Å²) in [6, 6.07) is 13.6. The van der Waals surface area contributed by atoms with Gasteiger partial charge < -0.3 is 10.1 Å². The highest BCUT2D eigenvalue weighted by Crippen LogP contribution is 2.44. The number of ether oxygens (including phenoxy) is 1. The van der Waals surface area contributed by atoms with Crippen LogP contribution >= 0.6 is 0 Å². The first-order valence-electron chi connectivity index (χ1n) is 10.3. The maximum absolute atomic E-state index is 13.4. The third kappa shape index (κ3) is 3.31. The molecule has 3 aromatic rings. The van der Waals surface area contributed by atoms with Gasteiger partial charge in [-0.1, -0.05) is 12.1 Å². The van der Waals surface area contributed by atoms with Crippen molar-refractivity contribution in [2.75, 3.05) is 12.4 Å². The van der Waals surface area contributed by atoms with E-state index in [0.29, 0.717) is 30.2 Å². The molecule has 1 aliphatic carbocycles. The van der Waals surface area contributed by atoms with Crippen molar-refractivity contribution in [2.45, 2.75) is 31.7 Å². The van der Waals surface area contributed by atoms with Gasteiger partial charge >= 0.3 is 0 Å². The van der Waals surface area contributed by atoms with Crippen LogP contribution in [0.25, 0.3) is 0 Å². The molecule has 32 heavy (non-hydrogen) atoms. The summed E-state index contributed by atoms with van der Waals surface area (Å²) in [5.41, 5.74) is 3.29. The number of hydrogen-bond donors (Lipinski definition) is 1. The van der Waals surface area contributed by atoms with E-state index in [0.717, 1.165) is 22.6 Å². The van der Waals surface area contributed by atoms with E-state index in [-0.39, 0.29) is 17.4 Å². The van der Waals surface area contributed by atoms with Crippen LogP contribution in [-0.2, 0) is 4.79 Å². The highest BCUT2D eigenvalue weighted by molar-refractivity contribution is 6.00. The summed E-state index contributed by atoms with van der Waals surface area (Å²) in [5, 5.41) is 18.9. The molecule has 0 amide bonds. The third-order valence-electron chi connectivity index (χ3n) is 6.03. The molecular formula is C23H21N5O4. The van der Waals surface area contributed by atoms with Crippen LogP contribution in [-0.4, -0.2) is 32.6 Å². The number of hydrogen-bond acceptors (Lipinski definition) is 7. The largest absolute Gasteiger partial charge is 0.497 e. The number of ketones is 1. The number of nitro benzene ring substituents is 1. The van der Waals surface area contributed by atoms with E-state index >= 15 is 0 Å². The first kappa shape index (κ1) is 19.9. The minimum Gasteiger partial charge on any atom is -0.497 e. The minimum absolute atomic E-state index is 0.00132. The van der Waals surface area contributed by atoms with Gasteiger partial charge in [-0.3, -0.25) is 14.9 Å². The minimum atomic E-state index is -0.479. The summed E-state index contributed by atoms with van der Waals surface area (Å²) in [7, 11) is 1.62. The second-order valence-corrected chi connectivity index (χ2v) is 8.00. The molecule has 0 spiro atoms. The van der Waals surface area contributed by atoms with Crippen LogP contribution in [0.3, 0.4) is 0 Å². The van der Waals surface area contributed by atoms with Crippen LogP contribution in [0.5, 0.6) is 5.75 Å². The molecule has 0 bridgehead atoms. The molecule has 0 unspecified atom stereocenters. The maximum Gasteiger partial charge on any atom is 0.269 e. The van der Waals surface area contributed by atoms with Crippen LogP contribution in [0, 0.1) is 17.0 Å². The van der Waals surface area contributed by atoms with Gasteiger partial charge in [0, 0.05) is 29.8 Å². The lowest BCUT2D eigenvalue weighted by Gasteiger charge is -2.35. The fourth-order valence-electron chi connectivity index (χ4n) is 4.52. The Morgan fingerprint density at radius 1 is 1.09 bits per heavy atom. The van der Waals surface area contributed by atoms with E-state index in [4.69, 9.17) is 4.74 Å². The van der Waals surface area contributed by atoms with Crippen molar-refractivity contribution in [3.8, 4) is 5.75 Å². The Morgan fingerprint density at radius 3 is 2.44 bits per heavy atom. The van der Waals surface area contributed by atoms with Gasteiger partial charge in [-0.15, -0.1) is 0 Å². The van der Waals surface area contributed by atoms with Gasteiger partial charge in [0.25, 0.3) is 5.69 Å². The van der Waals surface area contributed by atoms with Gasteiger partial charge in [-0.25, -0.2) is 4.68 Å². The number of methoxy groups -OCH3 is 1. The summed E-state index contributed by atoms with van der Waals surface area (Å²) >= 11 is 0. The summed E-state index contributed by atoms with van der Waals surface area (Å²) < 4.78 is 6.94. The zero-order valence-electron chi connectivity index (χ0n) is 17.6. The van der Waals surface area contributed by atoms with Crippen molar-refractivity contribution in [1.82, 2.24) is 14.8 Å². The number of Topliss-reactive ketones (excluding diaryl/α,β-unsaturated/α-hetero) is 1. The van der Waals surface area contributed by atoms with Crippen molar-refractivity contribution in [3.63, 3.8) is 0 Å². The van der Waals surface area contributed by atoms with Crippen LogP contribution < -0.4 is 10.1 Å². The topological polar surface area (TPSA) is 112 Å². The lowest BCUT2D eigenvalue weighted by atomic mass is 9.78. The fourth-order valence-corrected chi connectivity index (χ4v) is 4.52. The highest BCUT2D eigenvalue weighted by Gasteiger charge is 2.39. The van der Waals surface area contributed by atoms with Crippen molar-refractivity contribution in [2.24, 2.45) is 0 Å². The average Bonchev–Trinajstić information content (AvgIpc) is 3.17. The summed E-state index contributed by atoms with van der Waals surface area (Å²) in [4.78, 5) is 28.5. The maximum atomic E-state index is 13.4. The van der Waals surface area contributed by atoms with E-state index in [1.54, 1.807) is 30.8 Å². The second kappa shape index (κ2) is 7.60. The van der Waals surface area contributed by atoms with E-state index in [2.05, 4.69) is 15.4 Å². The molecule has 0 saturated heterocycles. The zero-order valence-corrected chi connectivity index (χ0v) is 17.6. The van der Waals surface area contributed by atoms with E-state index in [1.807, 2.05) is 24.3 Å². The zero-order chi connectivity index (χ0) is 22.4. The van der Waals surface area contributed by atoms with Gasteiger partial charge in [-0.05, 0) is 54.7 Å². The number of rotatable bonds is 4. The first-order valence-corrected chi connectivity index (χ1v) is 10.3. The van der Waals surface area contributed by atoms with E-state index in [1.165, 1.54) is 12.1 Å². The van der Waals surface area contributed by atoms with Gasteiger partial charge in [0.1, 0.15) is 17.6 Å². The molecule has 2 atom stereocenters. The number of carbonyl (C=O) groups is 1. The molecule has 5 rings (SSSR count). The Bertz CT molecular complexity index is 1240. The molecule has 2 aromatic carbocycles. The lowest BCUT2D eigenvalue weighted by Crippen LogP contribution is -2.33. The second-order valence-electron chi connectivity index (χ2n) is 8.00. The lowest BCUT2D eigenvalue weighted by molar-refractivity contribution is -0.384. The predicted octanol–water partition coefficient (Wildman–Crippen LogP) is 3.92. The molecule has 1 aliphatic heterocycles. The average molecular weight is 431 g/mol. The number of carbonyl (C=O) groups excluding carboxylic acids is 1. The Morgan fingerprint density at radius 2 is 1.78 bits per heavy atom. The number of anilines is 1. The van der Waals surface area contributed by atoms with E-state index < -0.39 is 11.0 Å². The highest BCUT2D eigenvalue weighted by atomic mass is 16.6. The number of benzene rings is 2. The fraction of sp³-hybridized carbons (Fsp3) is 0.261. The number of nitrogens with zero attached hydrogens (tertiary/aromatic N) is 4. The Hall–Kier alpha value is -4.01. The van der Waals surface area contributed by atoms with Gasteiger partial charge in [0.15, 0.2) is 5.78 Å². The van der Waals surface area contributed by atoms with E-state index in [9.17, 15) is 14.9 Å². The molecule has 0 fully saturated rings. The monoisotopic (exact) mass is 431 g/mol. The normalized spacial score (nSPS) is 19.8. The van der Waals surface area contributed by atoms with Crippen LogP contribution in [0.15, 0.2) is 59.8 Å². The van der Waals surface area contributed by atoms with Crippen molar-refractivity contribution in [3.05, 3.63) is 86.9 Å². The third-order valence-corrected chi connectivity index (χ3v) is 6.03. The molecule has 0 radical (unpaired) electrons. The molecule has 162 valence electrons. The number of aromatic nitrogens is 3. The van der Waals surface area contributed by atoms with Crippen molar-refractivity contribution < 1.29 is 14.5 Å². The SMILES string of the molecule is COc1ccc([C@H]2CC(=O)C3=C(C2)Nc2nc(C)nn2[C@H]3c2ccc([N+](=O)[O-])cc2)cc1. The molecule has 2 aliphatic rings. The van der Waals surface area contributed by atoms with Gasteiger partial charge in [-0.2, -0.15) is 10.1 Å². The molecular weight excluding hydrogens is 410 g/mol. The summed E-state index contributed by atoms with van der Waals surface area (Å²) in [6.45, 7) is 1.79. The van der Waals surface area contributed by atoms with Crippen LogP contribution in [0.4, 0.5) is 11.6 Å². The quantitative estimate of drug-likeness (QED) is 0.492. The smallest absolute Gasteiger partial charge is 0.269 e. The molecule has 1 aromatic heterocycles. The van der Waals surface area contributed by atoms with Gasteiger partial charge in [0.2, 0.25) is 5.95 Å². The van der Waals surface area contributed by atoms with Crippen molar-refractivity contribution >= 4 is 17.4 Å². The molecule has 9 nitrogen and oxygen atoms in total. The Labute approximate surface area is 183 Å². The molecule has 9 heteroatoms. The van der Waals surface area contributed by atoms with Crippen molar-refractivity contribution in [1.29, 1.82) is 0 Å². The first-order chi connectivity index (χ1) is 15.4.